The van der Waals surface area contributed by atoms with Crippen LogP contribution in [-0.2, 0) is 22.6 Å². The Labute approximate surface area is 222 Å². The molecular weight excluding hydrogens is 477 g/mol. The molecule has 0 saturated heterocycles. The largest absolute Gasteiger partial charge is 0.361 e. The number of nitrogens with one attached hydrogen (secondary N) is 1. The highest BCUT2D eigenvalue weighted by Crippen LogP contribution is 2.49. The summed E-state index contributed by atoms with van der Waals surface area (Å²) >= 11 is 0. The smallest absolute Gasteiger partial charge is 0.242 e. The average molecular weight is 510 g/mol. The molecule has 1 heterocycles. The first-order valence-electron chi connectivity index (χ1n) is 13.5. The molecule has 0 aliphatic heterocycles. The first-order valence-corrected chi connectivity index (χ1v) is 13.5. The van der Waals surface area contributed by atoms with Crippen molar-refractivity contribution in [2.24, 2.45) is 5.92 Å². The van der Waals surface area contributed by atoms with Crippen LogP contribution in [0.1, 0.15) is 41.9 Å². The van der Waals surface area contributed by atoms with E-state index in [1.54, 1.807) is 12.1 Å². The molecule has 38 heavy (non-hydrogen) atoms. The third-order valence-corrected chi connectivity index (χ3v) is 7.88. The average Bonchev–Trinajstić information content (AvgIpc) is 3.88. The Morgan fingerprint density at radius 1 is 0.921 bits per heavy atom. The Balaban J connectivity index is 1.17. The number of fused-ring (bicyclic) bond motifs is 1. The molecule has 2 amide bonds. The van der Waals surface area contributed by atoms with E-state index in [-0.39, 0.29) is 42.1 Å². The fourth-order valence-electron chi connectivity index (χ4n) is 5.46. The van der Waals surface area contributed by atoms with Crippen LogP contribution in [0, 0.1) is 11.7 Å². The summed E-state index contributed by atoms with van der Waals surface area (Å²) in [4.78, 5) is 34.2. The van der Waals surface area contributed by atoms with E-state index < -0.39 is 0 Å². The Hall–Kier alpha value is -3.93. The van der Waals surface area contributed by atoms with Gasteiger partial charge in [0.1, 0.15) is 12.4 Å². The van der Waals surface area contributed by atoms with Crippen LogP contribution in [0.4, 0.5) is 4.39 Å². The quantitative estimate of drug-likeness (QED) is 0.299. The number of rotatable bonds is 10. The second kappa shape index (κ2) is 10.4. The van der Waals surface area contributed by atoms with Gasteiger partial charge in [-0.05, 0) is 66.5 Å². The monoisotopic (exact) mass is 509 g/mol. The lowest BCUT2D eigenvalue weighted by molar-refractivity contribution is -0.142. The molecule has 3 aromatic carbocycles. The third kappa shape index (κ3) is 5.35. The normalized spacial score (nSPS) is 18.3. The van der Waals surface area contributed by atoms with Gasteiger partial charge < -0.3 is 14.8 Å². The number of para-hydroxylation sites is 1. The fraction of sp³-hybridized carbons (Fsp3) is 0.312. The molecule has 2 saturated carbocycles. The minimum Gasteiger partial charge on any atom is -0.361 e. The van der Waals surface area contributed by atoms with Crippen molar-refractivity contribution in [3.63, 3.8) is 0 Å². The number of H-pyrrole nitrogens is 1. The molecule has 6 heteroatoms. The van der Waals surface area contributed by atoms with Crippen LogP contribution in [0.25, 0.3) is 10.9 Å². The Kier molecular flexibility index (Phi) is 6.71. The molecular formula is C32H32FN3O2. The van der Waals surface area contributed by atoms with Gasteiger partial charge in [-0.2, -0.15) is 0 Å². The number of carbonyl (C=O) groups is 2. The summed E-state index contributed by atoms with van der Waals surface area (Å²) in [6.07, 6.45) is 5.44. The number of halogens is 1. The minimum atomic E-state index is -0.298. The third-order valence-electron chi connectivity index (χ3n) is 7.88. The van der Waals surface area contributed by atoms with E-state index in [2.05, 4.69) is 23.2 Å². The van der Waals surface area contributed by atoms with Crippen LogP contribution in [0.3, 0.4) is 0 Å². The van der Waals surface area contributed by atoms with Crippen molar-refractivity contribution >= 4 is 22.7 Å². The van der Waals surface area contributed by atoms with Gasteiger partial charge in [-0.15, -0.1) is 0 Å². The molecule has 1 N–H and O–H groups in total. The molecule has 5 nitrogen and oxygen atoms in total. The number of aromatic nitrogens is 1. The first kappa shape index (κ1) is 24.4. The Morgan fingerprint density at radius 2 is 1.66 bits per heavy atom. The van der Waals surface area contributed by atoms with Crippen LogP contribution in [0.5, 0.6) is 0 Å². The van der Waals surface area contributed by atoms with E-state index in [1.165, 1.54) is 17.7 Å². The summed E-state index contributed by atoms with van der Waals surface area (Å²) in [6.45, 7) is 0.988. The molecule has 2 aliphatic carbocycles. The zero-order chi connectivity index (χ0) is 26.1. The van der Waals surface area contributed by atoms with Gasteiger partial charge in [0.05, 0.1) is 0 Å². The van der Waals surface area contributed by atoms with E-state index in [1.807, 2.05) is 52.4 Å². The van der Waals surface area contributed by atoms with Crippen molar-refractivity contribution in [1.82, 2.24) is 14.8 Å². The van der Waals surface area contributed by atoms with Gasteiger partial charge in [-0.25, -0.2) is 4.39 Å². The summed E-state index contributed by atoms with van der Waals surface area (Å²) in [6, 6.07) is 24.8. The van der Waals surface area contributed by atoms with Gasteiger partial charge in [0.2, 0.25) is 11.8 Å². The maximum absolute atomic E-state index is 13.7. The van der Waals surface area contributed by atoms with Gasteiger partial charge in [0.25, 0.3) is 0 Å². The molecule has 4 aromatic rings. The minimum absolute atomic E-state index is 0.0393. The molecule has 2 aliphatic rings. The molecule has 2 atom stereocenters. The zero-order valence-electron chi connectivity index (χ0n) is 21.4. The fourth-order valence-corrected chi connectivity index (χ4v) is 5.46. The molecule has 0 bridgehead atoms. The van der Waals surface area contributed by atoms with Gasteiger partial charge >= 0.3 is 0 Å². The molecule has 1 aromatic heterocycles. The van der Waals surface area contributed by atoms with Crippen LogP contribution < -0.4 is 0 Å². The van der Waals surface area contributed by atoms with Crippen molar-refractivity contribution in [2.75, 3.05) is 13.1 Å². The summed E-state index contributed by atoms with van der Waals surface area (Å²) in [5, 5.41) is 1.15. The van der Waals surface area contributed by atoms with E-state index >= 15 is 0 Å². The maximum atomic E-state index is 13.7. The summed E-state index contributed by atoms with van der Waals surface area (Å²) in [5.74, 6) is -0.0486. The lowest BCUT2D eigenvalue weighted by Crippen LogP contribution is -2.45. The number of hydrogen-bond acceptors (Lipinski definition) is 2. The van der Waals surface area contributed by atoms with Crippen LogP contribution in [0.15, 0.2) is 85.1 Å². The number of benzene rings is 3. The second-order valence-corrected chi connectivity index (χ2v) is 10.6. The molecule has 0 spiro atoms. The molecule has 2 fully saturated rings. The van der Waals surface area contributed by atoms with Gasteiger partial charge in [0.15, 0.2) is 0 Å². The molecule has 2 unspecified atom stereocenters. The predicted molar refractivity (Wildman–Crippen MR) is 146 cm³/mol. The molecule has 194 valence electrons. The van der Waals surface area contributed by atoms with Crippen LogP contribution in [0.2, 0.25) is 0 Å². The SMILES string of the molecule is O=C(CN(C(=O)C1CC1c1ccccc1)C1CC1)N(CCc1c[nH]c2ccccc12)Cc1ccc(F)cc1. The van der Waals surface area contributed by atoms with E-state index in [9.17, 15) is 14.0 Å². The number of carbonyl (C=O) groups excluding carboxylic acids is 2. The zero-order valence-corrected chi connectivity index (χ0v) is 21.4. The van der Waals surface area contributed by atoms with Crippen LogP contribution in [-0.4, -0.2) is 45.7 Å². The Morgan fingerprint density at radius 3 is 2.42 bits per heavy atom. The second-order valence-electron chi connectivity index (χ2n) is 10.6. The lowest BCUT2D eigenvalue weighted by atomic mass is 10.1. The standard InChI is InChI=1S/C32H32FN3O2/c33-25-12-10-22(11-13-25)20-35(17-16-24-19-34-30-9-5-4-8-27(24)30)31(37)21-36(26-14-15-26)32(38)29-18-28(29)23-6-2-1-3-7-23/h1-13,19,26,28-29,34H,14-18,20-21H2. The highest BCUT2D eigenvalue weighted by atomic mass is 19.1. The van der Waals surface area contributed by atoms with E-state index in [0.29, 0.717) is 19.5 Å². The van der Waals surface area contributed by atoms with Gasteiger partial charge in [-0.1, -0.05) is 60.7 Å². The van der Waals surface area contributed by atoms with Crippen molar-refractivity contribution in [2.45, 2.75) is 44.2 Å². The number of amides is 2. The van der Waals surface area contributed by atoms with E-state index in [0.717, 1.165) is 41.3 Å². The summed E-state index contributed by atoms with van der Waals surface area (Å²) in [7, 11) is 0. The molecule has 0 radical (unpaired) electrons. The number of aromatic amines is 1. The summed E-state index contributed by atoms with van der Waals surface area (Å²) < 4.78 is 13.5. The topological polar surface area (TPSA) is 56.4 Å². The van der Waals surface area contributed by atoms with Crippen molar-refractivity contribution in [3.05, 3.63) is 108 Å². The van der Waals surface area contributed by atoms with E-state index in [4.69, 9.17) is 0 Å². The van der Waals surface area contributed by atoms with Crippen molar-refractivity contribution in [3.8, 4) is 0 Å². The maximum Gasteiger partial charge on any atom is 0.242 e. The van der Waals surface area contributed by atoms with Gasteiger partial charge in [0, 0.05) is 42.1 Å². The highest BCUT2D eigenvalue weighted by molar-refractivity contribution is 5.89. The number of hydrogen-bond donors (Lipinski definition) is 1. The van der Waals surface area contributed by atoms with Crippen molar-refractivity contribution in [1.29, 1.82) is 0 Å². The summed E-state index contributed by atoms with van der Waals surface area (Å²) in [5.41, 5.74) is 4.29. The lowest BCUT2D eigenvalue weighted by Gasteiger charge is -2.28. The first-order chi connectivity index (χ1) is 18.6. The highest BCUT2D eigenvalue weighted by Gasteiger charge is 2.48. The predicted octanol–water partition coefficient (Wildman–Crippen LogP) is 5.67. The molecule has 6 rings (SSSR count). The number of nitrogens with zero attached hydrogens (tertiary/aromatic N) is 2. The van der Waals surface area contributed by atoms with Gasteiger partial charge in [-0.3, -0.25) is 9.59 Å². The van der Waals surface area contributed by atoms with Crippen LogP contribution >= 0.6 is 0 Å². The van der Waals surface area contributed by atoms with Crippen molar-refractivity contribution < 1.29 is 14.0 Å². The Bertz CT molecular complexity index is 1430.